The van der Waals surface area contributed by atoms with Gasteiger partial charge in [0.05, 0.1) is 13.2 Å². The van der Waals surface area contributed by atoms with E-state index in [0.717, 1.165) is 0 Å². The number of ether oxygens (including phenoxy) is 1. The molecule has 66 valence electrons. The number of rotatable bonds is 2. The van der Waals surface area contributed by atoms with Gasteiger partial charge in [0.2, 0.25) is 0 Å². The summed E-state index contributed by atoms with van der Waals surface area (Å²) in [4.78, 5) is 0. The Hall–Kier alpha value is -1.22. The van der Waals surface area contributed by atoms with Gasteiger partial charge in [0, 0.05) is 5.56 Å². The van der Waals surface area contributed by atoms with Crippen molar-refractivity contribution in [2.45, 2.75) is 13.0 Å². The molecule has 0 saturated carbocycles. The molecule has 0 aliphatic carbocycles. The van der Waals surface area contributed by atoms with Gasteiger partial charge in [0.25, 0.3) is 0 Å². The summed E-state index contributed by atoms with van der Waals surface area (Å²) < 4.78 is 4.93. The van der Waals surface area contributed by atoms with Crippen LogP contribution < -0.4 is 4.74 Å². The minimum atomic E-state index is -0.632. The molecule has 0 aliphatic rings. The smallest absolute Gasteiger partial charge is 0.166 e. The Morgan fingerprint density at radius 2 is 2.08 bits per heavy atom. The summed E-state index contributed by atoms with van der Waals surface area (Å²) in [5.41, 5.74) is 0.595. The van der Waals surface area contributed by atoms with Crippen LogP contribution in [0.5, 0.6) is 11.5 Å². The van der Waals surface area contributed by atoms with Gasteiger partial charge in [0.1, 0.15) is 0 Å². The van der Waals surface area contributed by atoms with Gasteiger partial charge in [-0.15, -0.1) is 0 Å². The Morgan fingerprint density at radius 3 is 2.50 bits per heavy atom. The van der Waals surface area contributed by atoms with Gasteiger partial charge in [-0.3, -0.25) is 0 Å². The molecular formula is C9H12O3. The molecule has 1 unspecified atom stereocenters. The second-order valence-electron chi connectivity index (χ2n) is 2.58. The lowest BCUT2D eigenvalue weighted by Crippen LogP contribution is -1.96. The zero-order chi connectivity index (χ0) is 9.14. The molecule has 0 heterocycles. The summed E-state index contributed by atoms with van der Waals surface area (Å²) in [5.74, 6) is 0.392. The number of aliphatic hydroxyl groups excluding tert-OH is 1. The van der Waals surface area contributed by atoms with Crippen molar-refractivity contribution in [3.63, 3.8) is 0 Å². The Bertz CT molecular complexity index is 268. The number of para-hydroxylation sites is 1. The van der Waals surface area contributed by atoms with Crippen LogP contribution in [0.3, 0.4) is 0 Å². The number of aliphatic hydroxyl groups is 1. The molecule has 1 aromatic carbocycles. The quantitative estimate of drug-likeness (QED) is 0.702. The monoisotopic (exact) mass is 168 g/mol. The van der Waals surface area contributed by atoms with Gasteiger partial charge in [-0.05, 0) is 13.0 Å². The zero-order valence-electron chi connectivity index (χ0n) is 7.11. The van der Waals surface area contributed by atoms with E-state index in [1.54, 1.807) is 19.1 Å². The molecule has 2 N–H and O–H groups in total. The zero-order valence-corrected chi connectivity index (χ0v) is 7.11. The predicted molar refractivity (Wildman–Crippen MR) is 45.3 cm³/mol. The van der Waals surface area contributed by atoms with Gasteiger partial charge in [-0.1, -0.05) is 12.1 Å². The van der Waals surface area contributed by atoms with Crippen LogP contribution in [0.4, 0.5) is 0 Å². The Labute approximate surface area is 71.2 Å². The summed E-state index contributed by atoms with van der Waals surface area (Å²) >= 11 is 0. The van der Waals surface area contributed by atoms with Gasteiger partial charge in [-0.25, -0.2) is 0 Å². The van der Waals surface area contributed by atoms with E-state index in [-0.39, 0.29) is 5.75 Å². The minimum absolute atomic E-state index is 0.0518. The Balaban J connectivity index is 3.18. The Morgan fingerprint density at radius 1 is 1.42 bits per heavy atom. The highest BCUT2D eigenvalue weighted by molar-refractivity contribution is 5.46. The molecule has 0 fully saturated rings. The first-order valence-electron chi connectivity index (χ1n) is 3.70. The minimum Gasteiger partial charge on any atom is -0.504 e. The standard InChI is InChI=1S/C9H12O3/c1-6(10)7-4-3-5-8(11)9(7)12-2/h3-6,10-11H,1-2H3. The van der Waals surface area contributed by atoms with Gasteiger partial charge < -0.3 is 14.9 Å². The third-order valence-corrected chi connectivity index (χ3v) is 1.68. The number of methoxy groups -OCH3 is 1. The van der Waals surface area contributed by atoms with Crippen molar-refractivity contribution in [3.8, 4) is 11.5 Å². The summed E-state index contributed by atoms with van der Waals surface area (Å²) in [5, 5.41) is 18.6. The molecule has 0 radical (unpaired) electrons. The second-order valence-corrected chi connectivity index (χ2v) is 2.58. The molecule has 1 rings (SSSR count). The van der Waals surface area contributed by atoms with Gasteiger partial charge >= 0.3 is 0 Å². The van der Waals surface area contributed by atoms with Crippen LogP contribution in [-0.4, -0.2) is 17.3 Å². The number of aromatic hydroxyl groups is 1. The molecule has 0 saturated heterocycles. The summed E-state index contributed by atoms with van der Waals surface area (Å²) in [6.45, 7) is 1.62. The molecule has 0 spiro atoms. The molecule has 12 heavy (non-hydrogen) atoms. The number of hydrogen-bond donors (Lipinski definition) is 2. The van der Waals surface area contributed by atoms with Crippen molar-refractivity contribution in [2.24, 2.45) is 0 Å². The van der Waals surface area contributed by atoms with Crippen LogP contribution in [-0.2, 0) is 0 Å². The van der Waals surface area contributed by atoms with Crippen molar-refractivity contribution in [2.75, 3.05) is 7.11 Å². The summed E-state index contributed by atoms with van der Waals surface area (Å²) in [6.07, 6.45) is -0.632. The SMILES string of the molecule is COc1c(O)cccc1C(C)O. The van der Waals surface area contributed by atoms with Gasteiger partial charge in [-0.2, -0.15) is 0 Å². The molecule has 3 heteroatoms. The molecule has 1 aromatic rings. The maximum atomic E-state index is 9.30. The number of hydrogen-bond acceptors (Lipinski definition) is 3. The van der Waals surface area contributed by atoms with Crippen molar-refractivity contribution >= 4 is 0 Å². The van der Waals surface area contributed by atoms with Crippen molar-refractivity contribution in [3.05, 3.63) is 23.8 Å². The van der Waals surface area contributed by atoms with Crippen LogP contribution >= 0.6 is 0 Å². The molecule has 3 nitrogen and oxygen atoms in total. The van der Waals surface area contributed by atoms with E-state index < -0.39 is 6.10 Å². The molecule has 0 aromatic heterocycles. The van der Waals surface area contributed by atoms with Crippen molar-refractivity contribution < 1.29 is 14.9 Å². The average Bonchev–Trinajstić information content (AvgIpc) is 2.03. The third-order valence-electron chi connectivity index (χ3n) is 1.68. The predicted octanol–water partition coefficient (Wildman–Crippen LogP) is 1.45. The van der Waals surface area contributed by atoms with Crippen LogP contribution in [0.2, 0.25) is 0 Å². The molecule has 1 atom stereocenters. The van der Waals surface area contributed by atoms with E-state index in [2.05, 4.69) is 0 Å². The third kappa shape index (κ3) is 1.51. The first kappa shape index (κ1) is 8.87. The normalized spacial score (nSPS) is 12.6. The fourth-order valence-corrected chi connectivity index (χ4v) is 1.09. The fraction of sp³-hybridized carbons (Fsp3) is 0.333. The highest BCUT2D eigenvalue weighted by Crippen LogP contribution is 2.33. The first-order valence-corrected chi connectivity index (χ1v) is 3.70. The maximum Gasteiger partial charge on any atom is 0.166 e. The lowest BCUT2D eigenvalue weighted by molar-refractivity contribution is 0.193. The van der Waals surface area contributed by atoms with E-state index in [1.807, 2.05) is 0 Å². The topological polar surface area (TPSA) is 49.7 Å². The van der Waals surface area contributed by atoms with Crippen molar-refractivity contribution in [1.82, 2.24) is 0 Å². The second kappa shape index (κ2) is 3.45. The molecule has 0 bridgehead atoms. The largest absolute Gasteiger partial charge is 0.504 e. The van der Waals surface area contributed by atoms with E-state index in [0.29, 0.717) is 11.3 Å². The number of phenolic OH excluding ortho intramolecular Hbond substituents is 1. The van der Waals surface area contributed by atoms with E-state index >= 15 is 0 Å². The van der Waals surface area contributed by atoms with E-state index in [4.69, 9.17) is 4.74 Å². The highest BCUT2D eigenvalue weighted by atomic mass is 16.5. The van der Waals surface area contributed by atoms with Crippen LogP contribution in [0.15, 0.2) is 18.2 Å². The van der Waals surface area contributed by atoms with Crippen LogP contribution in [0.1, 0.15) is 18.6 Å². The van der Waals surface area contributed by atoms with Crippen LogP contribution in [0.25, 0.3) is 0 Å². The molecular weight excluding hydrogens is 156 g/mol. The van der Waals surface area contributed by atoms with E-state index in [9.17, 15) is 10.2 Å². The number of benzene rings is 1. The summed E-state index contributed by atoms with van der Waals surface area (Å²) in [6, 6.07) is 4.90. The average molecular weight is 168 g/mol. The van der Waals surface area contributed by atoms with E-state index in [1.165, 1.54) is 13.2 Å². The van der Waals surface area contributed by atoms with Crippen molar-refractivity contribution in [1.29, 1.82) is 0 Å². The number of phenols is 1. The fourth-order valence-electron chi connectivity index (χ4n) is 1.09. The van der Waals surface area contributed by atoms with Crippen LogP contribution in [0, 0.1) is 0 Å². The first-order chi connectivity index (χ1) is 5.66. The maximum absolute atomic E-state index is 9.30. The Kier molecular flexibility index (Phi) is 2.55. The highest BCUT2D eigenvalue weighted by Gasteiger charge is 2.11. The van der Waals surface area contributed by atoms with Gasteiger partial charge in [0.15, 0.2) is 11.5 Å². The lowest BCUT2D eigenvalue weighted by atomic mass is 10.1. The molecule has 0 amide bonds. The molecule has 0 aliphatic heterocycles. The summed E-state index contributed by atoms with van der Waals surface area (Å²) in [7, 11) is 1.46. The lowest BCUT2D eigenvalue weighted by Gasteiger charge is -2.11.